The fourth-order valence-electron chi connectivity index (χ4n) is 1.71. The van der Waals surface area contributed by atoms with Crippen LogP contribution in [-0.2, 0) is 0 Å². The van der Waals surface area contributed by atoms with Crippen molar-refractivity contribution in [3.05, 3.63) is 47.9 Å². The van der Waals surface area contributed by atoms with E-state index in [-0.39, 0.29) is 0 Å². The van der Waals surface area contributed by atoms with Gasteiger partial charge in [-0.2, -0.15) is 5.10 Å². The molecule has 0 radical (unpaired) electrons. The van der Waals surface area contributed by atoms with Crippen LogP contribution < -0.4 is 5.73 Å². The zero-order valence-electron chi connectivity index (χ0n) is 8.84. The van der Waals surface area contributed by atoms with Crippen molar-refractivity contribution in [1.82, 2.24) is 14.6 Å². The quantitative estimate of drug-likeness (QED) is 0.716. The van der Waals surface area contributed by atoms with E-state index in [0.717, 1.165) is 11.1 Å². The molecule has 5 heteroatoms. The molecule has 0 aliphatic heterocycles. The smallest absolute Gasteiger partial charge is 0.178 e. The summed E-state index contributed by atoms with van der Waals surface area (Å²) in [6.07, 6.45) is 5.23. The molecular formula is C12H9ClN4. The third kappa shape index (κ3) is 1.72. The van der Waals surface area contributed by atoms with E-state index in [1.807, 2.05) is 30.5 Å². The number of rotatable bonds is 1. The Balaban J connectivity index is 2.18. The molecule has 0 saturated carbocycles. The van der Waals surface area contributed by atoms with Gasteiger partial charge in [0, 0.05) is 23.0 Å². The van der Waals surface area contributed by atoms with E-state index >= 15 is 0 Å². The Morgan fingerprint density at radius 1 is 1.18 bits per heavy atom. The van der Waals surface area contributed by atoms with Crippen LogP contribution in [-0.4, -0.2) is 14.6 Å². The standard InChI is InChI=1S/C12H9ClN4/c13-10-3-1-2-8(4-10)9-5-15-12-11(14)6-16-17(12)7-9/h1-7H,14H2. The van der Waals surface area contributed by atoms with Crippen molar-refractivity contribution in [1.29, 1.82) is 0 Å². The monoisotopic (exact) mass is 244 g/mol. The molecule has 2 N–H and O–H groups in total. The van der Waals surface area contributed by atoms with Gasteiger partial charge in [0.25, 0.3) is 0 Å². The third-order valence-electron chi connectivity index (χ3n) is 2.54. The molecule has 17 heavy (non-hydrogen) atoms. The van der Waals surface area contributed by atoms with Gasteiger partial charge < -0.3 is 5.73 Å². The lowest BCUT2D eigenvalue weighted by Crippen LogP contribution is -1.93. The first kappa shape index (κ1) is 10.1. The second kappa shape index (κ2) is 3.75. The van der Waals surface area contributed by atoms with Gasteiger partial charge in [0.2, 0.25) is 0 Å². The Morgan fingerprint density at radius 3 is 2.88 bits per heavy atom. The van der Waals surface area contributed by atoms with Gasteiger partial charge in [-0.05, 0) is 17.7 Å². The van der Waals surface area contributed by atoms with Crippen LogP contribution in [0.2, 0.25) is 5.02 Å². The summed E-state index contributed by atoms with van der Waals surface area (Å²) in [5.41, 5.74) is 8.90. The Hall–Kier alpha value is -2.07. The largest absolute Gasteiger partial charge is 0.394 e. The average Bonchev–Trinajstić information content (AvgIpc) is 2.71. The zero-order valence-corrected chi connectivity index (χ0v) is 9.59. The molecule has 0 fully saturated rings. The number of fused-ring (bicyclic) bond motifs is 1. The van der Waals surface area contributed by atoms with Gasteiger partial charge >= 0.3 is 0 Å². The Labute approximate surface area is 103 Å². The predicted octanol–water partition coefficient (Wildman–Crippen LogP) is 2.63. The predicted molar refractivity (Wildman–Crippen MR) is 67.8 cm³/mol. The number of nitrogens with zero attached hydrogens (tertiary/aromatic N) is 3. The van der Waals surface area contributed by atoms with Crippen molar-refractivity contribution >= 4 is 22.9 Å². The molecule has 0 spiro atoms. The van der Waals surface area contributed by atoms with E-state index in [4.69, 9.17) is 17.3 Å². The van der Waals surface area contributed by atoms with Crippen molar-refractivity contribution in [2.24, 2.45) is 0 Å². The van der Waals surface area contributed by atoms with Crippen LogP contribution in [0.3, 0.4) is 0 Å². The van der Waals surface area contributed by atoms with Crippen molar-refractivity contribution in [3.63, 3.8) is 0 Å². The molecule has 2 aromatic heterocycles. The van der Waals surface area contributed by atoms with Crippen LogP contribution in [0.5, 0.6) is 0 Å². The molecule has 0 aliphatic rings. The summed E-state index contributed by atoms with van der Waals surface area (Å²) in [7, 11) is 0. The molecular weight excluding hydrogens is 236 g/mol. The molecule has 2 heterocycles. The highest BCUT2D eigenvalue weighted by Gasteiger charge is 2.04. The minimum atomic E-state index is 0.572. The normalized spacial score (nSPS) is 10.9. The first-order chi connectivity index (χ1) is 8.24. The van der Waals surface area contributed by atoms with Gasteiger partial charge in [0.05, 0.1) is 11.9 Å². The second-order valence-corrected chi connectivity index (χ2v) is 4.16. The molecule has 84 valence electrons. The number of nitrogens with two attached hydrogens (primary N) is 1. The maximum Gasteiger partial charge on any atom is 0.178 e. The summed E-state index contributed by atoms with van der Waals surface area (Å²) in [6, 6.07) is 7.60. The molecule has 0 aliphatic carbocycles. The summed E-state index contributed by atoms with van der Waals surface area (Å²) in [5.74, 6) is 0. The molecule has 3 rings (SSSR count). The van der Waals surface area contributed by atoms with Crippen molar-refractivity contribution in [2.75, 3.05) is 5.73 Å². The van der Waals surface area contributed by atoms with Gasteiger partial charge in [0.15, 0.2) is 5.65 Å². The van der Waals surface area contributed by atoms with Crippen molar-refractivity contribution in [3.8, 4) is 11.1 Å². The van der Waals surface area contributed by atoms with Gasteiger partial charge in [-0.25, -0.2) is 9.50 Å². The van der Waals surface area contributed by atoms with E-state index in [1.165, 1.54) is 0 Å². The summed E-state index contributed by atoms with van der Waals surface area (Å²) in [6.45, 7) is 0. The minimum Gasteiger partial charge on any atom is -0.394 e. The third-order valence-corrected chi connectivity index (χ3v) is 2.78. The maximum absolute atomic E-state index is 5.95. The number of hydrogen-bond donors (Lipinski definition) is 1. The number of benzene rings is 1. The first-order valence-electron chi connectivity index (χ1n) is 5.09. The van der Waals surface area contributed by atoms with Gasteiger partial charge in [-0.1, -0.05) is 23.7 Å². The average molecular weight is 245 g/mol. The highest BCUT2D eigenvalue weighted by atomic mass is 35.5. The highest BCUT2D eigenvalue weighted by Crippen LogP contribution is 2.22. The number of anilines is 1. The SMILES string of the molecule is Nc1cnn2cc(-c3cccc(Cl)c3)cnc12. The van der Waals surface area contributed by atoms with Crippen LogP contribution in [0, 0.1) is 0 Å². The lowest BCUT2D eigenvalue weighted by molar-refractivity contribution is 0.941. The lowest BCUT2D eigenvalue weighted by atomic mass is 10.1. The van der Waals surface area contributed by atoms with Crippen LogP contribution >= 0.6 is 11.6 Å². The van der Waals surface area contributed by atoms with E-state index in [9.17, 15) is 0 Å². The second-order valence-electron chi connectivity index (χ2n) is 3.72. The number of hydrogen-bond acceptors (Lipinski definition) is 3. The van der Waals surface area contributed by atoms with E-state index in [0.29, 0.717) is 16.4 Å². The van der Waals surface area contributed by atoms with Crippen molar-refractivity contribution in [2.45, 2.75) is 0 Å². The molecule has 3 aromatic rings. The van der Waals surface area contributed by atoms with E-state index < -0.39 is 0 Å². The molecule has 4 nitrogen and oxygen atoms in total. The fourth-order valence-corrected chi connectivity index (χ4v) is 1.90. The fraction of sp³-hybridized carbons (Fsp3) is 0. The van der Waals surface area contributed by atoms with Crippen LogP contribution in [0.4, 0.5) is 5.69 Å². The molecule has 0 unspecified atom stereocenters. The van der Waals surface area contributed by atoms with Gasteiger partial charge in [-0.3, -0.25) is 0 Å². The topological polar surface area (TPSA) is 56.2 Å². The summed E-state index contributed by atoms with van der Waals surface area (Å²) < 4.78 is 1.66. The number of aromatic nitrogens is 3. The Morgan fingerprint density at radius 2 is 2.06 bits per heavy atom. The number of halogens is 1. The van der Waals surface area contributed by atoms with Crippen LogP contribution in [0.15, 0.2) is 42.9 Å². The van der Waals surface area contributed by atoms with Gasteiger partial charge in [0.1, 0.15) is 0 Å². The molecule has 0 amide bonds. The Bertz CT molecular complexity index is 690. The summed E-state index contributed by atoms with van der Waals surface area (Å²) in [5, 5.41) is 4.82. The molecule has 0 atom stereocenters. The minimum absolute atomic E-state index is 0.572. The lowest BCUT2D eigenvalue weighted by Gasteiger charge is -2.02. The first-order valence-corrected chi connectivity index (χ1v) is 5.46. The zero-order chi connectivity index (χ0) is 11.8. The maximum atomic E-state index is 5.95. The highest BCUT2D eigenvalue weighted by molar-refractivity contribution is 6.30. The van der Waals surface area contributed by atoms with E-state index in [2.05, 4.69) is 10.1 Å². The Kier molecular flexibility index (Phi) is 2.23. The summed E-state index contributed by atoms with van der Waals surface area (Å²) in [4.78, 5) is 4.28. The van der Waals surface area contributed by atoms with Crippen LogP contribution in [0.25, 0.3) is 16.8 Å². The molecule has 0 bridgehead atoms. The van der Waals surface area contributed by atoms with E-state index in [1.54, 1.807) is 16.9 Å². The number of nitrogen functional groups attached to an aromatic ring is 1. The van der Waals surface area contributed by atoms with Crippen molar-refractivity contribution < 1.29 is 0 Å². The van der Waals surface area contributed by atoms with Gasteiger partial charge in [-0.15, -0.1) is 0 Å². The molecule has 1 aromatic carbocycles. The summed E-state index contributed by atoms with van der Waals surface area (Å²) >= 11 is 5.95. The van der Waals surface area contributed by atoms with Crippen LogP contribution in [0.1, 0.15) is 0 Å². The molecule has 0 saturated heterocycles.